The number of methoxy groups -OCH3 is 1. The summed E-state index contributed by atoms with van der Waals surface area (Å²) in [5.74, 6) is 0.560. The van der Waals surface area contributed by atoms with E-state index in [1.165, 1.54) is 0 Å². The van der Waals surface area contributed by atoms with Gasteiger partial charge in [0.2, 0.25) is 0 Å². The number of hydrogen-bond donors (Lipinski definition) is 0. The Morgan fingerprint density at radius 3 is 2.67 bits per heavy atom. The zero-order chi connectivity index (χ0) is 13.1. The van der Waals surface area contributed by atoms with Crippen LogP contribution in [0.1, 0.15) is 16.8 Å². The van der Waals surface area contributed by atoms with Crippen molar-refractivity contribution in [2.75, 3.05) is 26.8 Å². The minimum Gasteiger partial charge on any atom is -0.384 e. The first-order chi connectivity index (χ1) is 8.60. The standard InChI is InChI=1S/C13H15Br2NO2/c1-18-8-9-2-3-16(7-9)13(17)10-4-11(14)6-12(15)5-10/h4-6,9H,2-3,7-8H2,1H3. The Kier molecular flexibility index (Phi) is 4.81. The molecule has 1 aromatic rings. The predicted molar refractivity (Wildman–Crippen MR) is 77.7 cm³/mol. The van der Waals surface area contributed by atoms with Crippen molar-refractivity contribution in [1.82, 2.24) is 4.90 Å². The molecule has 2 rings (SSSR count). The molecule has 5 heteroatoms. The number of halogens is 2. The largest absolute Gasteiger partial charge is 0.384 e. The van der Waals surface area contributed by atoms with E-state index in [0.29, 0.717) is 11.5 Å². The van der Waals surface area contributed by atoms with E-state index in [1.807, 2.05) is 23.1 Å². The number of rotatable bonds is 3. The Bertz CT molecular complexity index is 430. The maximum atomic E-state index is 12.3. The summed E-state index contributed by atoms with van der Waals surface area (Å²) in [6.07, 6.45) is 1.02. The van der Waals surface area contributed by atoms with Crippen molar-refractivity contribution in [3.63, 3.8) is 0 Å². The van der Waals surface area contributed by atoms with Crippen molar-refractivity contribution in [2.45, 2.75) is 6.42 Å². The molecule has 0 bridgehead atoms. The summed E-state index contributed by atoms with van der Waals surface area (Å²) < 4.78 is 6.96. The Balaban J connectivity index is 2.08. The van der Waals surface area contributed by atoms with Gasteiger partial charge in [-0.1, -0.05) is 31.9 Å². The summed E-state index contributed by atoms with van der Waals surface area (Å²) >= 11 is 6.81. The van der Waals surface area contributed by atoms with Crippen LogP contribution in [0.2, 0.25) is 0 Å². The van der Waals surface area contributed by atoms with Crippen LogP contribution in [-0.4, -0.2) is 37.6 Å². The number of ether oxygens (including phenoxy) is 1. The molecule has 1 saturated heterocycles. The number of carbonyl (C=O) groups is 1. The second kappa shape index (κ2) is 6.17. The van der Waals surface area contributed by atoms with Gasteiger partial charge >= 0.3 is 0 Å². The highest BCUT2D eigenvalue weighted by molar-refractivity contribution is 9.11. The molecule has 0 aromatic heterocycles. The first-order valence-corrected chi connectivity index (χ1v) is 7.43. The number of hydrogen-bond acceptors (Lipinski definition) is 2. The molecular formula is C13H15Br2NO2. The van der Waals surface area contributed by atoms with Crippen molar-refractivity contribution in [3.05, 3.63) is 32.7 Å². The molecule has 1 fully saturated rings. The minimum atomic E-state index is 0.0932. The molecule has 0 saturated carbocycles. The molecule has 3 nitrogen and oxygen atoms in total. The summed E-state index contributed by atoms with van der Waals surface area (Å²) in [6, 6.07) is 5.64. The second-order valence-electron chi connectivity index (χ2n) is 4.52. The molecule has 18 heavy (non-hydrogen) atoms. The van der Waals surface area contributed by atoms with E-state index < -0.39 is 0 Å². The van der Waals surface area contributed by atoms with Crippen molar-refractivity contribution in [3.8, 4) is 0 Å². The van der Waals surface area contributed by atoms with Gasteiger partial charge in [-0.2, -0.15) is 0 Å². The molecule has 0 radical (unpaired) electrons. The zero-order valence-corrected chi connectivity index (χ0v) is 13.3. The molecule has 1 unspecified atom stereocenters. The lowest BCUT2D eigenvalue weighted by Gasteiger charge is -2.17. The summed E-state index contributed by atoms with van der Waals surface area (Å²) in [5.41, 5.74) is 0.717. The first-order valence-electron chi connectivity index (χ1n) is 5.84. The van der Waals surface area contributed by atoms with Crippen LogP contribution in [0.15, 0.2) is 27.1 Å². The van der Waals surface area contributed by atoms with E-state index in [4.69, 9.17) is 4.74 Å². The number of benzene rings is 1. The summed E-state index contributed by atoms with van der Waals surface area (Å²) in [5, 5.41) is 0. The maximum Gasteiger partial charge on any atom is 0.253 e. The Morgan fingerprint density at radius 1 is 1.39 bits per heavy atom. The van der Waals surface area contributed by atoms with Gasteiger partial charge in [0.05, 0.1) is 6.61 Å². The first kappa shape index (κ1) is 14.0. The SMILES string of the molecule is COCC1CCN(C(=O)c2cc(Br)cc(Br)c2)C1. The molecule has 0 aliphatic carbocycles. The molecule has 1 heterocycles. The van der Waals surface area contributed by atoms with Gasteiger partial charge in [0, 0.05) is 40.6 Å². The normalized spacial score (nSPS) is 19.3. The van der Waals surface area contributed by atoms with E-state index in [2.05, 4.69) is 31.9 Å². The maximum absolute atomic E-state index is 12.3. The number of amides is 1. The number of nitrogens with zero attached hydrogens (tertiary/aromatic N) is 1. The number of likely N-dealkylation sites (tertiary alicyclic amines) is 1. The van der Waals surface area contributed by atoms with Gasteiger partial charge in [-0.25, -0.2) is 0 Å². The second-order valence-corrected chi connectivity index (χ2v) is 6.35. The highest BCUT2D eigenvalue weighted by atomic mass is 79.9. The quantitative estimate of drug-likeness (QED) is 0.809. The van der Waals surface area contributed by atoms with Crippen LogP contribution in [0.3, 0.4) is 0 Å². The third-order valence-corrected chi connectivity index (χ3v) is 4.00. The Hall–Kier alpha value is -0.390. The van der Waals surface area contributed by atoms with E-state index in [1.54, 1.807) is 7.11 Å². The van der Waals surface area contributed by atoms with Crippen LogP contribution in [0.5, 0.6) is 0 Å². The van der Waals surface area contributed by atoms with Crippen LogP contribution in [0, 0.1) is 5.92 Å². The summed E-state index contributed by atoms with van der Waals surface area (Å²) in [6.45, 7) is 2.33. The van der Waals surface area contributed by atoms with Gasteiger partial charge in [0.25, 0.3) is 5.91 Å². The summed E-state index contributed by atoms with van der Waals surface area (Å²) in [7, 11) is 1.70. The zero-order valence-electron chi connectivity index (χ0n) is 10.2. The van der Waals surface area contributed by atoms with Gasteiger partial charge in [-0.15, -0.1) is 0 Å². The molecule has 1 aliphatic rings. The van der Waals surface area contributed by atoms with E-state index in [9.17, 15) is 4.79 Å². The van der Waals surface area contributed by atoms with E-state index >= 15 is 0 Å². The van der Waals surface area contributed by atoms with Crippen molar-refractivity contribution in [2.24, 2.45) is 5.92 Å². The van der Waals surface area contributed by atoms with Crippen LogP contribution >= 0.6 is 31.9 Å². The smallest absolute Gasteiger partial charge is 0.253 e. The van der Waals surface area contributed by atoms with Crippen LogP contribution in [0.25, 0.3) is 0 Å². The molecular weight excluding hydrogens is 362 g/mol. The molecule has 1 aromatic carbocycles. The molecule has 0 N–H and O–H groups in total. The van der Waals surface area contributed by atoms with Gasteiger partial charge in [0.15, 0.2) is 0 Å². The lowest BCUT2D eigenvalue weighted by molar-refractivity contribution is 0.0775. The average Bonchev–Trinajstić information content (AvgIpc) is 2.76. The topological polar surface area (TPSA) is 29.5 Å². The number of carbonyl (C=O) groups excluding carboxylic acids is 1. The van der Waals surface area contributed by atoms with Crippen LogP contribution < -0.4 is 0 Å². The fourth-order valence-electron chi connectivity index (χ4n) is 2.25. The van der Waals surface area contributed by atoms with Gasteiger partial charge in [-0.05, 0) is 24.6 Å². The molecule has 1 amide bonds. The van der Waals surface area contributed by atoms with Gasteiger partial charge < -0.3 is 9.64 Å². The van der Waals surface area contributed by atoms with Crippen molar-refractivity contribution < 1.29 is 9.53 Å². The lowest BCUT2D eigenvalue weighted by atomic mass is 10.1. The summed E-state index contributed by atoms with van der Waals surface area (Å²) in [4.78, 5) is 14.2. The van der Waals surface area contributed by atoms with Crippen molar-refractivity contribution >= 4 is 37.8 Å². The molecule has 98 valence electrons. The van der Waals surface area contributed by atoms with E-state index in [-0.39, 0.29) is 5.91 Å². The van der Waals surface area contributed by atoms with Gasteiger partial charge in [-0.3, -0.25) is 4.79 Å². The fraction of sp³-hybridized carbons (Fsp3) is 0.462. The third-order valence-electron chi connectivity index (χ3n) is 3.08. The minimum absolute atomic E-state index is 0.0932. The van der Waals surface area contributed by atoms with Crippen LogP contribution in [-0.2, 0) is 4.74 Å². The fourth-order valence-corrected chi connectivity index (χ4v) is 3.54. The van der Waals surface area contributed by atoms with E-state index in [0.717, 1.165) is 35.1 Å². The Morgan fingerprint density at radius 2 is 2.06 bits per heavy atom. The highest BCUT2D eigenvalue weighted by Crippen LogP contribution is 2.23. The van der Waals surface area contributed by atoms with Crippen LogP contribution in [0.4, 0.5) is 0 Å². The third kappa shape index (κ3) is 3.33. The lowest BCUT2D eigenvalue weighted by Crippen LogP contribution is -2.29. The monoisotopic (exact) mass is 375 g/mol. The van der Waals surface area contributed by atoms with Crippen molar-refractivity contribution in [1.29, 1.82) is 0 Å². The molecule has 0 spiro atoms. The Labute approximate surface area is 124 Å². The average molecular weight is 377 g/mol. The molecule has 1 aliphatic heterocycles. The van der Waals surface area contributed by atoms with Gasteiger partial charge in [0.1, 0.15) is 0 Å². The molecule has 1 atom stereocenters. The highest BCUT2D eigenvalue weighted by Gasteiger charge is 2.27. The predicted octanol–water partition coefficient (Wildman–Crippen LogP) is 3.32.